The zero-order chi connectivity index (χ0) is 22.8. The highest BCUT2D eigenvalue weighted by atomic mass is 16.5. The SMILES string of the molecule is COc1cc(OC)cc(C(=O)N[C@H](C(=O)NCCCN(C)c2ccccc2)C(C)C)c1. The van der Waals surface area contributed by atoms with Crippen LogP contribution in [-0.4, -0.2) is 52.2 Å². The summed E-state index contributed by atoms with van der Waals surface area (Å²) in [6.07, 6.45) is 0.795. The van der Waals surface area contributed by atoms with Crippen LogP contribution in [0.4, 0.5) is 5.69 Å². The van der Waals surface area contributed by atoms with Crippen LogP contribution in [0, 0.1) is 5.92 Å². The van der Waals surface area contributed by atoms with E-state index in [1.165, 1.54) is 14.2 Å². The van der Waals surface area contributed by atoms with E-state index in [4.69, 9.17) is 9.47 Å². The number of benzene rings is 2. The summed E-state index contributed by atoms with van der Waals surface area (Å²) in [7, 11) is 5.07. The number of carbonyl (C=O) groups excluding carboxylic acids is 2. The molecule has 0 radical (unpaired) electrons. The Balaban J connectivity index is 1.91. The lowest BCUT2D eigenvalue weighted by atomic mass is 10.0. The molecule has 0 spiro atoms. The Labute approximate surface area is 184 Å². The van der Waals surface area contributed by atoms with E-state index >= 15 is 0 Å². The third-order valence-electron chi connectivity index (χ3n) is 5.02. The first-order valence-corrected chi connectivity index (χ1v) is 10.4. The molecule has 0 fully saturated rings. The molecule has 31 heavy (non-hydrogen) atoms. The second-order valence-corrected chi connectivity index (χ2v) is 7.70. The molecule has 7 heteroatoms. The fourth-order valence-electron chi connectivity index (χ4n) is 3.15. The molecular formula is C24H33N3O4. The quantitative estimate of drug-likeness (QED) is 0.539. The van der Waals surface area contributed by atoms with E-state index in [-0.39, 0.29) is 17.7 Å². The van der Waals surface area contributed by atoms with Gasteiger partial charge in [-0.3, -0.25) is 9.59 Å². The Morgan fingerprint density at radius 3 is 2.16 bits per heavy atom. The second kappa shape index (κ2) is 11.8. The molecule has 1 atom stereocenters. The smallest absolute Gasteiger partial charge is 0.252 e. The van der Waals surface area contributed by atoms with Crippen LogP contribution >= 0.6 is 0 Å². The third-order valence-corrected chi connectivity index (χ3v) is 5.02. The molecule has 2 amide bonds. The Morgan fingerprint density at radius 2 is 1.61 bits per heavy atom. The molecule has 0 aliphatic heterocycles. The predicted octanol–water partition coefficient (Wildman–Crippen LogP) is 3.10. The highest BCUT2D eigenvalue weighted by Crippen LogP contribution is 2.22. The highest BCUT2D eigenvalue weighted by Gasteiger charge is 2.25. The normalized spacial score (nSPS) is 11.5. The van der Waals surface area contributed by atoms with Gasteiger partial charge in [-0.1, -0.05) is 32.0 Å². The first-order valence-electron chi connectivity index (χ1n) is 10.4. The van der Waals surface area contributed by atoms with E-state index in [9.17, 15) is 9.59 Å². The van der Waals surface area contributed by atoms with Crippen molar-refractivity contribution in [3.63, 3.8) is 0 Å². The predicted molar refractivity (Wildman–Crippen MR) is 123 cm³/mol. The topological polar surface area (TPSA) is 79.9 Å². The molecule has 2 N–H and O–H groups in total. The highest BCUT2D eigenvalue weighted by molar-refractivity contribution is 5.98. The van der Waals surface area contributed by atoms with Gasteiger partial charge in [0.25, 0.3) is 5.91 Å². The molecule has 0 aromatic heterocycles. The van der Waals surface area contributed by atoms with E-state index in [0.29, 0.717) is 23.6 Å². The number of hydrogen-bond donors (Lipinski definition) is 2. The van der Waals surface area contributed by atoms with Gasteiger partial charge < -0.3 is 25.0 Å². The maximum Gasteiger partial charge on any atom is 0.252 e. The maximum absolute atomic E-state index is 12.8. The molecule has 2 rings (SSSR count). The summed E-state index contributed by atoms with van der Waals surface area (Å²) in [5.74, 6) is 0.411. The minimum absolute atomic E-state index is 0.0663. The summed E-state index contributed by atoms with van der Waals surface area (Å²) in [6, 6.07) is 14.4. The first-order chi connectivity index (χ1) is 14.8. The van der Waals surface area contributed by atoms with Crippen LogP contribution in [0.25, 0.3) is 0 Å². The summed E-state index contributed by atoms with van der Waals surface area (Å²) in [6.45, 7) is 5.15. The van der Waals surface area contributed by atoms with Crippen molar-refractivity contribution >= 4 is 17.5 Å². The maximum atomic E-state index is 12.8. The average molecular weight is 428 g/mol. The summed E-state index contributed by atoms with van der Waals surface area (Å²) >= 11 is 0. The number of anilines is 1. The molecule has 2 aromatic carbocycles. The van der Waals surface area contributed by atoms with Crippen LogP contribution in [0.5, 0.6) is 11.5 Å². The van der Waals surface area contributed by atoms with Crippen molar-refractivity contribution in [2.75, 3.05) is 39.3 Å². The van der Waals surface area contributed by atoms with Crippen molar-refractivity contribution in [2.45, 2.75) is 26.3 Å². The van der Waals surface area contributed by atoms with Gasteiger partial charge in [0.15, 0.2) is 0 Å². The van der Waals surface area contributed by atoms with Gasteiger partial charge in [-0.15, -0.1) is 0 Å². The first kappa shape index (κ1) is 24.1. The minimum Gasteiger partial charge on any atom is -0.497 e. The van der Waals surface area contributed by atoms with Gasteiger partial charge >= 0.3 is 0 Å². The molecule has 168 valence electrons. The number of carbonyl (C=O) groups is 2. The van der Waals surface area contributed by atoms with Gasteiger partial charge in [-0.2, -0.15) is 0 Å². The summed E-state index contributed by atoms with van der Waals surface area (Å²) in [4.78, 5) is 27.6. The fourth-order valence-corrected chi connectivity index (χ4v) is 3.15. The molecular weight excluding hydrogens is 394 g/mol. The van der Waals surface area contributed by atoms with Crippen molar-refractivity contribution < 1.29 is 19.1 Å². The molecule has 0 unspecified atom stereocenters. The molecule has 0 saturated carbocycles. The number of hydrogen-bond acceptors (Lipinski definition) is 5. The third kappa shape index (κ3) is 7.20. The van der Waals surface area contributed by atoms with Crippen molar-refractivity contribution in [2.24, 2.45) is 5.92 Å². The average Bonchev–Trinajstić information content (AvgIpc) is 2.79. The van der Waals surface area contributed by atoms with Gasteiger partial charge in [-0.25, -0.2) is 0 Å². The summed E-state index contributed by atoms with van der Waals surface area (Å²) in [5, 5.41) is 5.78. The Bertz CT molecular complexity index is 833. The molecule has 0 aliphatic rings. The number of methoxy groups -OCH3 is 2. The largest absolute Gasteiger partial charge is 0.497 e. The van der Waals surface area contributed by atoms with Crippen molar-refractivity contribution in [1.82, 2.24) is 10.6 Å². The van der Waals surface area contributed by atoms with Crippen molar-refractivity contribution in [3.8, 4) is 11.5 Å². The van der Waals surface area contributed by atoms with E-state index in [1.54, 1.807) is 18.2 Å². The van der Waals surface area contributed by atoms with E-state index < -0.39 is 6.04 Å². The van der Waals surface area contributed by atoms with Gasteiger partial charge in [0, 0.05) is 37.5 Å². The van der Waals surface area contributed by atoms with Gasteiger partial charge in [0.05, 0.1) is 14.2 Å². The van der Waals surface area contributed by atoms with Gasteiger partial charge in [-0.05, 0) is 36.6 Å². The van der Waals surface area contributed by atoms with Crippen LogP contribution in [0.3, 0.4) is 0 Å². The zero-order valence-electron chi connectivity index (χ0n) is 19.0. The molecule has 7 nitrogen and oxygen atoms in total. The van der Waals surface area contributed by atoms with Crippen LogP contribution in [0.1, 0.15) is 30.6 Å². The standard InChI is InChI=1S/C24H33N3O4/c1-17(2)22(26-23(28)18-14-20(30-4)16-21(15-18)31-5)24(29)25-12-9-13-27(3)19-10-7-6-8-11-19/h6-8,10-11,14-17,22H,9,12-13H2,1-5H3,(H,25,29)(H,26,28)/t22-/m0/s1. The van der Waals surface area contributed by atoms with E-state index in [0.717, 1.165) is 18.7 Å². The zero-order valence-corrected chi connectivity index (χ0v) is 19.0. The lowest BCUT2D eigenvalue weighted by Gasteiger charge is -2.23. The molecule has 0 aliphatic carbocycles. The molecule has 0 saturated heterocycles. The fraction of sp³-hybridized carbons (Fsp3) is 0.417. The van der Waals surface area contributed by atoms with E-state index in [2.05, 4.69) is 27.7 Å². The number of amides is 2. The minimum atomic E-state index is -0.642. The Morgan fingerprint density at radius 1 is 1.00 bits per heavy atom. The molecule has 0 bridgehead atoms. The number of rotatable bonds is 11. The van der Waals surface area contributed by atoms with Gasteiger partial charge in [0.1, 0.15) is 17.5 Å². The van der Waals surface area contributed by atoms with Gasteiger partial charge in [0.2, 0.25) is 5.91 Å². The monoisotopic (exact) mass is 427 g/mol. The number of ether oxygens (including phenoxy) is 2. The van der Waals surface area contributed by atoms with Crippen LogP contribution in [0.15, 0.2) is 48.5 Å². The van der Waals surface area contributed by atoms with Crippen molar-refractivity contribution in [1.29, 1.82) is 0 Å². The second-order valence-electron chi connectivity index (χ2n) is 7.70. The van der Waals surface area contributed by atoms with Crippen LogP contribution in [0.2, 0.25) is 0 Å². The lowest BCUT2D eigenvalue weighted by Crippen LogP contribution is -2.50. The number of nitrogens with one attached hydrogen (secondary N) is 2. The number of para-hydroxylation sites is 1. The molecule has 2 aromatic rings. The summed E-state index contributed by atoms with van der Waals surface area (Å²) in [5.41, 5.74) is 1.51. The van der Waals surface area contributed by atoms with Crippen LogP contribution < -0.4 is 25.0 Å². The Kier molecular flexibility index (Phi) is 9.18. The molecule has 0 heterocycles. The van der Waals surface area contributed by atoms with Crippen molar-refractivity contribution in [3.05, 3.63) is 54.1 Å². The summed E-state index contributed by atoms with van der Waals surface area (Å²) < 4.78 is 10.4. The lowest BCUT2D eigenvalue weighted by molar-refractivity contribution is -0.123. The van der Waals surface area contributed by atoms with E-state index in [1.807, 2.05) is 39.1 Å². The Hall–Kier alpha value is -3.22. The number of nitrogens with zero attached hydrogens (tertiary/aromatic N) is 1. The van der Waals surface area contributed by atoms with Crippen LogP contribution in [-0.2, 0) is 4.79 Å².